The molecule has 0 atom stereocenters. The Balaban J connectivity index is 2.14. The maximum Gasteiger partial charge on any atom is 0.271 e. The van der Waals surface area contributed by atoms with Gasteiger partial charge in [0.15, 0.2) is 11.5 Å². The number of nitrogens with zero attached hydrogens (tertiary/aromatic N) is 2. The van der Waals surface area contributed by atoms with Crippen molar-refractivity contribution in [2.45, 2.75) is 6.92 Å². The highest BCUT2D eigenvalue weighted by atomic mass is 79.9. The highest BCUT2D eigenvalue weighted by molar-refractivity contribution is 9.10. The first-order valence-electron chi connectivity index (χ1n) is 7.15. The Kier molecular flexibility index (Phi) is 6.07. The SMILES string of the molecule is CCOc1cc(Br)cc(/C=N\NC(=O)c2cccc([N+](=O)[O-])c2)c1O. The molecule has 2 aromatic rings. The van der Waals surface area contributed by atoms with Gasteiger partial charge in [-0.2, -0.15) is 5.10 Å². The maximum absolute atomic E-state index is 12.0. The lowest BCUT2D eigenvalue weighted by Crippen LogP contribution is -2.17. The first-order chi connectivity index (χ1) is 11.9. The summed E-state index contributed by atoms with van der Waals surface area (Å²) in [6.07, 6.45) is 1.25. The van der Waals surface area contributed by atoms with Crippen LogP contribution in [-0.2, 0) is 0 Å². The van der Waals surface area contributed by atoms with Crippen LogP contribution in [0, 0.1) is 10.1 Å². The zero-order valence-electron chi connectivity index (χ0n) is 13.1. The number of ether oxygens (including phenoxy) is 1. The number of amides is 1. The molecular formula is C16H14BrN3O5. The zero-order valence-corrected chi connectivity index (χ0v) is 14.7. The van der Waals surface area contributed by atoms with Crippen LogP contribution in [0.5, 0.6) is 11.5 Å². The van der Waals surface area contributed by atoms with Crippen molar-refractivity contribution in [3.63, 3.8) is 0 Å². The first-order valence-corrected chi connectivity index (χ1v) is 7.94. The van der Waals surface area contributed by atoms with Crippen molar-refractivity contribution in [1.82, 2.24) is 5.43 Å². The number of nitro benzene ring substituents is 1. The fraction of sp³-hybridized carbons (Fsp3) is 0.125. The summed E-state index contributed by atoms with van der Waals surface area (Å²) in [5.41, 5.74) is 2.49. The molecule has 1 amide bonds. The predicted octanol–water partition coefficient (Wildman–Crippen LogP) is 3.23. The lowest BCUT2D eigenvalue weighted by atomic mass is 10.2. The van der Waals surface area contributed by atoms with Gasteiger partial charge in [0.2, 0.25) is 0 Å². The topological polar surface area (TPSA) is 114 Å². The first kappa shape index (κ1) is 18.4. The third kappa shape index (κ3) is 4.77. The van der Waals surface area contributed by atoms with Crippen LogP contribution < -0.4 is 10.2 Å². The van der Waals surface area contributed by atoms with E-state index in [4.69, 9.17) is 4.74 Å². The molecule has 2 rings (SSSR count). The summed E-state index contributed by atoms with van der Waals surface area (Å²) in [6, 6.07) is 8.48. The van der Waals surface area contributed by atoms with Gasteiger partial charge >= 0.3 is 0 Å². The van der Waals surface area contributed by atoms with E-state index >= 15 is 0 Å². The van der Waals surface area contributed by atoms with Crippen LogP contribution in [0.25, 0.3) is 0 Å². The lowest BCUT2D eigenvalue weighted by molar-refractivity contribution is -0.384. The Morgan fingerprint density at radius 3 is 2.88 bits per heavy atom. The minimum absolute atomic E-state index is 0.0971. The summed E-state index contributed by atoms with van der Waals surface area (Å²) < 4.78 is 5.96. The van der Waals surface area contributed by atoms with Gasteiger partial charge in [-0.3, -0.25) is 14.9 Å². The Hall–Kier alpha value is -2.94. The van der Waals surface area contributed by atoms with Crippen molar-refractivity contribution in [2.24, 2.45) is 5.10 Å². The number of halogens is 1. The van der Waals surface area contributed by atoms with Gasteiger partial charge in [0.1, 0.15) is 0 Å². The molecule has 2 N–H and O–H groups in total. The van der Waals surface area contributed by atoms with Crippen molar-refractivity contribution >= 4 is 33.7 Å². The van der Waals surface area contributed by atoms with Crippen LogP contribution in [0.1, 0.15) is 22.8 Å². The van der Waals surface area contributed by atoms with Gasteiger partial charge in [-0.1, -0.05) is 22.0 Å². The van der Waals surface area contributed by atoms with Crippen LogP contribution in [0.3, 0.4) is 0 Å². The van der Waals surface area contributed by atoms with E-state index in [-0.39, 0.29) is 22.7 Å². The monoisotopic (exact) mass is 407 g/mol. The molecule has 0 heterocycles. The van der Waals surface area contributed by atoms with Gasteiger partial charge in [0.25, 0.3) is 11.6 Å². The number of phenols is 1. The number of hydrazone groups is 1. The molecule has 0 unspecified atom stereocenters. The highest BCUT2D eigenvalue weighted by Crippen LogP contribution is 2.32. The summed E-state index contributed by atoms with van der Waals surface area (Å²) in [7, 11) is 0. The van der Waals surface area contributed by atoms with E-state index in [0.717, 1.165) is 6.07 Å². The third-order valence-corrected chi connectivity index (χ3v) is 3.52. The molecular weight excluding hydrogens is 394 g/mol. The highest BCUT2D eigenvalue weighted by Gasteiger charge is 2.11. The molecule has 25 heavy (non-hydrogen) atoms. The Morgan fingerprint density at radius 1 is 1.44 bits per heavy atom. The molecule has 0 saturated carbocycles. The van der Waals surface area contributed by atoms with Crippen molar-refractivity contribution in [1.29, 1.82) is 0 Å². The standard InChI is InChI=1S/C16H14BrN3O5/c1-2-25-14-8-12(17)6-11(15(14)21)9-18-19-16(22)10-4-3-5-13(7-10)20(23)24/h3-9,21H,2H2,1H3,(H,19,22)/b18-9-. The molecule has 0 radical (unpaired) electrons. The molecule has 0 saturated heterocycles. The van der Waals surface area contributed by atoms with Crippen molar-refractivity contribution in [3.05, 3.63) is 62.1 Å². The Labute approximate surface area is 151 Å². The molecule has 0 aromatic heterocycles. The fourth-order valence-corrected chi connectivity index (χ4v) is 2.40. The lowest BCUT2D eigenvalue weighted by Gasteiger charge is -2.08. The quantitative estimate of drug-likeness (QED) is 0.433. The van der Waals surface area contributed by atoms with Crippen LogP contribution in [0.15, 0.2) is 46.0 Å². The Bertz CT molecular complexity index is 839. The van der Waals surface area contributed by atoms with Gasteiger partial charge < -0.3 is 9.84 Å². The summed E-state index contributed by atoms with van der Waals surface area (Å²) in [6.45, 7) is 2.16. The minimum Gasteiger partial charge on any atom is -0.504 e. The number of carbonyl (C=O) groups excluding carboxylic acids is 1. The van der Waals surface area contributed by atoms with Gasteiger partial charge in [-0.25, -0.2) is 5.43 Å². The molecule has 2 aromatic carbocycles. The number of carbonyl (C=O) groups is 1. The van der Waals surface area contributed by atoms with Crippen LogP contribution in [0.4, 0.5) is 5.69 Å². The number of phenolic OH excluding ortho intramolecular Hbond substituents is 1. The zero-order chi connectivity index (χ0) is 18.4. The average Bonchev–Trinajstić information content (AvgIpc) is 2.59. The summed E-state index contributed by atoms with van der Waals surface area (Å²) in [4.78, 5) is 22.1. The van der Waals surface area contributed by atoms with Crippen LogP contribution in [-0.4, -0.2) is 28.8 Å². The number of non-ortho nitro benzene ring substituents is 1. The molecule has 0 aliphatic heterocycles. The second-order valence-corrected chi connectivity index (χ2v) is 5.70. The minimum atomic E-state index is -0.612. The molecule has 0 aliphatic rings. The van der Waals surface area contributed by atoms with Gasteiger partial charge in [0.05, 0.1) is 17.7 Å². The molecule has 0 spiro atoms. The van der Waals surface area contributed by atoms with Crippen LogP contribution in [0.2, 0.25) is 0 Å². The van der Waals surface area contributed by atoms with Gasteiger partial charge in [-0.05, 0) is 25.1 Å². The number of aromatic hydroxyl groups is 1. The Morgan fingerprint density at radius 2 is 2.20 bits per heavy atom. The molecule has 0 bridgehead atoms. The second kappa shape index (κ2) is 8.25. The van der Waals surface area contributed by atoms with E-state index in [1.165, 1.54) is 24.4 Å². The molecule has 0 aliphatic carbocycles. The van der Waals surface area contributed by atoms with Crippen molar-refractivity contribution in [2.75, 3.05) is 6.61 Å². The predicted molar refractivity (Wildman–Crippen MR) is 95.1 cm³/mol. The summed E-state index contributed by atoms with van der Waals surface area (Å²) in [5, 5.41) is 24.6. The number of benzene rings is 2. The number of rotatable bonds is 6. The smallest absolute Gasteiger partial charge is 0.271 e. The van der Waals surface area contributed by atoms with E-state index < -0.39 is 10.8 Å². The van der Waals surface area contributed by atoms with E-state index in [9.17, 15) is 20.0 Å². The molecule has 0 fully saturated rings. The summed E-state index contributed by atoms with van der Waals surface area (Å²) >= 11 is 3.29. The molecule has 130 valence electrons. The number of nitro groups is 1. The normalized spacial score (nSPS) is 10.6. The summed E-state index contributed by atoms with van der Waals surface area (Å²) in [5.74, 6) is -0.443. The fourth-order valence-electron chi connectivity index (χ4n) is 1.94. The van der Waals surface area contributed by atoms with Crippen molar-refractivity contribution in [3.8, 4) is 11.5 Å². The largest absolute Gasteiger partial charge is 0.504 e. The van der Waals surface area contributed by atoms with Gasteiger partial charge in [0, 0.05) is 27.7 Å². The van der Waals surface area contributed by atoms with E-state index in [2.05, 4.69) is 26.5 Å². The molecule has 8 nitrogen and oxygen atoms in total. The second-order valence-electron chi connectivity index (χ2n) is 4.78. The molecule has 9 heteroatoms. The van der Waals surface area contributed by atoms with E-state index in [0.29, 0.717) is 16.6 Å². The number of hydrogen-bond donors (Lipinski definition) is 2. The number of hydrogen-bond acceptors (Lipinski definition) is 6. The maximum atomic E-state index is 12.0. The third-order valence-electron chi connectivity index (χ3n) is 3.06. The van der Waals surface area contributed by atoms with E-state index in [1.54, 1.807) is 19.1 Å². The van der Waals surface area contributed by atoms with Crippen molar-refractivity contribution < 1.29 is 19.6 Å². The van der Waals surface area contributed by atoms with Gasteiger partial charge in [-0.15, -0.1) is 0 Å². The van der Waals surface area contributed by atoms with Crippen LogP contribution >= 0.6 is 15.9 Å². The average molecular weight is 408 g/mol. The van der Waals surface area contributed by atoms with E-state index in [1.807, 2.05) is 0 Å². The number of nitrogens with one attached hydrogen (secondary N) is 1.